The van der Waals surface area contributed by atoms with Gasteiger partial charge in [-0.15, -0.1) is 13.1 Å². The Kier molecular flexibility index (Phi) is 4.22. The van der Waals surface area contributed by atoms with Crippen molar-refractivity contribution in [2.45, 2.75) is 13.3 Å². The van der Waals surface area contributed by atoms with Crippen LogP contribution in [0.15, 0.2) is 12.2 Å². The summed E-state index contributed by atoms with van der Waals surface area (Å²) in [6.45, 7) is 8.68. The SMILES string of the molecule is CCCN1CC2C3C=CC(C4C[N-]CC34)C2C1.[Pr]. The topological polar surface area (TPSA) is 17.3 Å². The molecule has 6 unspecified atom stereocenters. The fourth-order valence-electron chi connectivity index (χ4n) is 5.17. The van der Waals surface area contributed by atoms with Crippen LogP contribution in [-0.4, -0.2) is 37.6 Å². The zero-order chi connectivity index (χ0) is 11.4. The monoisotopic (exact) mass is 372 g/mol. The fourth-order valence-corrected chi connectivity index (χ4v) is 5.17. The molecule has 3 heteroatoms. The number of rotatable bonds is 2. The second-order valence-corrected chi connectivity index (χ2v) is 6.54. The van der Waals surface area contributed by atoms with Crippen LogP contribution in [0.25, 0.3) is 5.32 Å². The molecule has 18 heavy (non-hydrogen) atoms. The van der Waals surface area contributed by atoms with E-state index in [1.165, 1.54) is 26.1 Å². The quantitative estimate of drug-likeness (QED) is 0.681. The molecule has 2 saturated heterocycles. The van der Waals surface area contributed by atoms with Crippen molar-refractivity contribution in [3.8, 4) is 0 Å². The summed E-state index contributed by atoms with van der Waals surface area (Å²) in [5.41, 5.74) is 0. The van der Waals surface area contributed by atoms with Gasteiger partial charge in [-0.1, -0.05) is 30.9 Å². The van der Waals surface area contributed by atoms with Crippen LogP contribution in [-0.2, 0) is 0 Å². The van der Waals surface area contributed by atoms with Gasteiger partial charge in [0, 0.05) is 54.4 Å². The Bertz CT molecular complexity index is 315. The third-order valence-corrected chi connectivity index (χ3v) is 5.79. The molecule has 0 amide bonds. The van der Waals surface area contributed by atoms with Crippen LogP contribution in [0.3, 0.4) is 0 Å². The van der Waals surface area contributed by atoms with E-state index in [1.54, 1.807) is 0 Å². The summed E-state index contributed by atoms with van der Waals surface area (Å²) in [6, 6.07) is 0. The van der Waals surface area contributed by atoms with Gasteiger partial charge in [0.1, 0.15) is 0 Å². The average Bonchev–Trinajstić information content (AvgIpc) is 2.95. The van der Waals surface area contributed by atoms with E-state index in [0.29, 0.717) is 0 Å². The zero-order valence-corrected chi connectivity index (χ0v) is 15.0. The van der Waals surface area contributed by atoms with Gasteiger partial charge in [0.05, 0.1) is 0 Å². The molecular formula is C15H23N2Pr-. The Hall–Kier alpha value is 1.02. The summed E-state index contributed by atoms with van der Waals surface area (Å²) in [7, 11) is 0. The maximum atomic E-state index is 4.70. The van der Waals surface area contributed by atoms with Gasteiger partial charge in [0.25, 0.3) is 0 Å². The molecule has 2 nitrogen and oxygen atoms in total. The summed E-state index contributed by atoms with van der Waals surface area (Å²) in [5.74, 6) is 5.48. The van der Waals surface area contributed by atoms with Crippen LogP contribution in [0.4, 0.5) is 0 Å². The van der Waals surface area contributed by atoms with Gasteiger partial charge in [0.15, 0.2) is 0 Å². The molecule has 0 aromatic rings. The number of hydrogen-bond donors (Lipinski definition) is 0. The maximum Gasteiger partial charge on any atom is 0.00189 e. The van der Waals surface area contributed by atoms with Crippen LogP contribution >= 0.6 is 0 Å². The molecule has 6 atom stereocenters. The van der Waals surface area contributed by atoms with Crippen LogP contribution in [0.5, 0.6) is 0 Å². The molecule has 2 aliphatic heterocycles. The molecule has 2 bridgehead atoms. The first-order valence-electron chi connectivity index (χ1n) is 7.42. The zero-order valence-electron chi connectivity index (χ0n) is 11.3. The van der Waals surface area contributed by atoms with Crippen LogP contribution in [0.1, 0.15) is 13.3 Å². The Labute approximate surface area is 144 Å². The van der Waals surface area contributed by atoms with E-state index >= 15 is 0 Å². The van der Waals surface area contributed by atoms with Gasteiger partial charge in [-0.2, -0.15) is 0 Å². The normalized spacial score (nSPS) is 48.9. The molecular weight excluding hydrogens is 349 g/mol. The molecule has 5 rings (SSSR count). The Morgan fingerprint density at radius 1 is 1.00 bits per heavy atom. The van der Waals surface area contributed by atoms with Gasteiger partial charge in [-0.05, 0) is 36.6 Å². The molecule has 97 valence electrons. The second-order valence-electron chi connectivity index (χ2n) is 6.54. The maximum absolute atomic E-state index is 4.70. The Balaban J connectivity index is 0.000001000. The largest absolute Gasteiger partial charge is 0.662 e. The number of likely N-dealkylation sites (tertiary alicyclic amines) is 1. The summed E-state index contributed by atoms with van der Waals surface area (Å²) >= 11 is 0. The molecule has 0 aromatic carbocycles. The first kappa shape index (κ1) is 14.0. The first-order chi connectivity index (χ1) is 8.38. The minimum atomic E-state index is 0. The van der Waals surface area contributed by atoms with E-state index in [4.69, 9.17) is 5.32 Å². The predicted molar refractivity (Wildman–Crippen MR) is 69.9 cm³/mol. The minimum Gasteiger partial charge on any atom is -0.662 e. The molecule has 1 radical (unpaired) electrons. The molecule has 3 fully saturated rings. The van der Waals surface area contributed by atoms with Gasteiger partial charge in [-0.3, -0.25) is 0 Å². The first-order valence-corrected chi connectivity index (χ1v) is 7.42. The van der Waals surface area contributed by atoms with E-state index in [1.807, 2.05) is 0 Å². The molecule has 0 spiro atoms. The van der Waals surface area contributed by atoms with Crippen molar-refractivity contribution in [2.24, 2.45) is 35.5 Å². The summed E-state index contributed by atoms with van der Waals surface area (Å²) in [6.07, 6.45) is 6.43. The molecule has 0 aromatic heterocycles. The number of allylic oxidation sites excluding steroid dienone is 2. The van der Waals surface area contributed by atoms with Crippen molar-refractivity contribution in [3.63, 3.8) is 0 Å². The van der Waals surface area contributed by atoms with Gasteiger partial charge in [-0.25, -0.2) is 0 Å². The Morgan fingerprint density at radius 3 is 2.06 bits per heavy atom. The van der Waals surface area contributed by atoms with Crippen molar-refractivity contribution in [3.05, 3.63) is 17.5 Å². The summed E-state index contributed by atoms with van der Waals surface area (Å²) in [5, 5.41) is 4.70. The van der Waals surface area contributed by atoms with Crippen molar-refractivity contribution >= 4 is 0 Å². The fraction of sp³-hybridized carbons (Fsp3) is 0.867. The van der Waals surface area contributed by atoms with Gasteiger partial charge >= 0.3 is 0 Å². The predicted octanol–water partition coefficient (Wildman–Crippen LogP) is 2.38. The molecule has 5 aliphatic rings. The van der Waals surface area contributed by atoms with Crippen LogP contribution in [0.2, 0.25) is 0 Å². The van der Waals surface area contributed by atoms with E-state index in [-0.39, 0.29) is 41.3 Å². The van der Waals surface area contributed by atoms with Crippen LogP contribution in [0, 0.1) is 76.8 Å². The smallest absolute Gasteiger partial charge is 0.00189 e. The Morgan fingerprint density at radius 2 is 1.56 bits per heavy atom. The van der Waals surface area contributed by atoms with E-state index in [0.717, 1.165) is 48.6 Å². The van der Waals surface area contributed by atoms with E-state index < -0.39 is 0 Å². The second kappa shape index (κ2) is 5.43. The molecule has 1 saturated carbocycles. The van der Waals surface area contributed by atoms with Gasteiger partial charge in [0.2, 0.25) is 0 Å². The molecule has 0 N–H and O–H groups in total. The standard InChI is InChI=1S/C15H23N2.Pr/c1-2-5-17-8-14-10-3-4-11(15(14)9-17)13-7-16-6-12(10)13;/h3-4,10-15H,2,5-9H2,1H3;/q-1;. The minimum absolute atomic E-state index is 0. The van der Waals surface area contributed by atoms with Crippen LogP contribution < -0.4 is 0 Å². The van der Waals surface area contributed by atoms with Crippen molar-refractivity contribution in [1.82, 2.24) is 4.90 Å². The van der Waals surface area contributed by atoms with E-state index in [9.17, 15) is 0 Å². The van der Waals surface area contributed by atoms with Crippen molar-refractivity contribution in [1.29, 1.82) is 0 Å². The third kappa shape index (κ3) is 1.98. The third-order valence-electron chi connectivity index (χ3n) is 5.79. The molecule has 3 aliphatic carbocycles. The van der Waals surface area contributed by atoms with Crippen molar-refractivity contribution in [2.75, 3.05) is 32.7 Å². The van der Waals surface area contributed by atoms with Gasteiger partial charge < -0.3 is 10.2 Å². The number of hydrogen-bond acceptors (Lipinski definition) is 1. The summed E-state index contributed by atoms with van der Waals surface area (Å²) < 4.78 is 0. The summed E-state index contributed by atoms with van der Waals surface area (Å²) in [4.78, 5) is 2.72. The molecule has 2 heterocycles. The average molecular weight is 372 g/mol. The van der Waals surface area contributed by atoms with E-state index in [2.05, 4.69) is 24.0 Å². The van der Waals surface area contributed by atoms with Crippen molar-refractivity contribution < 1.29 is 41.3 Å². The number of nitrogens with zero attached hydrogens (tertiary/aromatic N) is 2.